The normalized spacial score (nSPS) is 24.1. The first-order valence-corrected chi connectivity index (χ1v) is 3.19. The van der Waals surface area contributed by atoms with Crippen molar-refractivity contribution >= 4 is 0 Å². The smallest absolute Gasteiger partial charge is 0.449 e. The maximum absolute atomic E-state index is 11.9. The van der Waals surface area contributed by atoms with Crippen molar-refractivity contribution in [2.45, 2.75) is 25.4 Å². The minimum Gasteiger partial charge on any atom is -0.481 e. The quantitative estimate of drug-likeness (QED) is 0.553. The monoisotopic (exact) mass is 206 g/mol. The third-order valence-corrected chi connectivity index (χ3v) is 1.51. The van der Waals surface area contributed by atoms with Crippen molar-refractivity contribution in [1.29, 1.82) is 0 Å². The summed E-state index contributed by atoms with van der Waals surface area (Å²) in [6, 6.07) is 0. The summed E-state index contributed by atoms with van der Waals surface area (Å²) in [5.41, 5.74) is -1.64. The van der Waals surface area contributed by atoms with E-state index in [9.17, 15) is 26.3 Å². The van der Waals surface area contributed by atoms with E-state index in [1.165, 1.54) is 0 Å². The number of rotatable bonds is 0. The number of hydrogen-bond donors (Lipinski definition) is 0. The highest BCUT2D eigenvalue weighted by Gasteiger charge is 2.56. The summed E-state index contributed by atoms with van der Waals surface area (Å²) >= 11 is 0. The maximum Gasteiger partial charge on any atom is 0.449 e. The highest BCUT2D eigenvalue weighted by molar-refractivity contribution is 5.29. The van der Waals surface area contributed by atoms with Gasteiger partial charge in [-0.15, -0.1) is 0 Å². The Kier molecular flexibility index (Phi) is 2.00. The van der Waals surface area contributed by atoms with Crippen molar-refractivity contribution in [3.63, 3.8) is 0 Å². The topological polar surface area (TPSA) is 9.23 Å². The average molecular weight is 206 g/mol. The van der Waals surface area contributed by atoms with E-state index < -0.39 is 29.8 Å². The highest BCUT2D eigenvalue weighted by Crippen LogP contribution is 2.46. The van der Waals surface area contributed by atoms with Gasteiger partial charge in [-0.25, -0.2) is 0 Å². The second-order valence-corrected chi connectivity index (χ2v) is 2.50. The maximum atomic E-state index is 11.9. The number of allylic oxidation sites excluding steroid dienone is 1. The Morgan fingerprint density at radius 1 is 1.00 bits per heavy atom. The molecule has 0 saturated heterocycles. The van der Waals surface area contributed by atoms with Crippen LogP contribution in [0.1, 0.15) is 6.92 Å². The molecule has 1 atom stereocenters. The molecule has 1 aliphatic heterocycles. The third kappa shape index (κ3) is 1.73. The minimum absolute atomic E-state index is 0.915. The molecule has 1 rings (SSSR count). The predicted octanol–water partition coefficient (Wildman–Crippen LogP) is 2.78. The standard InChI is InChI=1S/C6H4F6O/c1-2-3(5(7,8)9)4(13-2)6(10,11)12/h2H,1H3. The van der Waals surface area contributed by atoms with Gasteiger partial charge in [-0.3, -0.25) is 0 Å². The lowest BCUT2D eigenvalue weighted by Gasteiger charge is -2.33. The molecular formula is C6H4F6O. The van der Waals surface area contributed by atoms with Crippen LogP contribution < -0.4 is 0 Å². The molecular weight excluding hydrogens is 202 g/mol. The zero-order valence-electron chi connectivity index (χ0n) is 6.25. The molecule has 0 N–H and O–H groups in total. The first kappa shape index (κ1) is 10.2. The largest absolute Gasteiger partial charge is 0.481 e. The minimum atomic E-state index is -5.06. The van der Waals surface area contributed by atoms with Gasteiger partial charge < -0.3 is 4.74 Å². The lowest BCUT2D eigenvalue weighted by molar-refractivity contribution is -0.186. The van der Waals surface area contributed by atoms with Gasteiger partial charge in [-0.1, -0.05) is 0 Å². The summed E-state index contributed by atoms with van der Waals surface area (Å²) in [7, 11) is 0. The van der Waals surface area contributed by atoms with Crippen molar-refractivity contribution in [2.24, 2.45) is 0 Å². The van der Waals surface area contributed by atoms with Gasteiger partial charge in [-0.05, 0) is 6.92 Å². The van der Waals surface area contributed by atoms with Crippen LogP contribution in [0.15, 0.2) is 11.3 Å². The number of alkyl halides is 6. The van der Waals surface area contributed by atoms with Gasteiger partial charge in [0.1, 0.15) is 11.7 Å². The molecule has 76 valence electrons. The van der Waals surface area contributed by atoms with Gasteiger partial charge in [0.2, 0.25) is 5.76 Å². The first-order chi connectivity index (χ1) is 5.64. The predicted molar refractivity (Wildman–Crippen MR) is 29.7 cm³/mol. The number of hydrogen-bond acceptors (Lipinski definition) is 1. The Bertz CT molecular complexity index is 247. The SMILES string of the molecule is CC1OC(C(F)(F)F)=C1C(F)(F)F. The fourth-order valence-corrected chi connectivity index (χ4v) is 1.00. The Morgan fingerprint density at radius 3 is 1.62 bits per heavy atom. The van der Waals surface area contributed by atoms with Crippen molar-refractivity contribution in [3.05, 3.63) is 11.3 Å². The second kappa shape index (κ2) is 2.55. The van der Waals surface area contributed by atoms with Crippen LogP contribution in [0.2, 0.25) is 0 Å². The molecule has 0 aromatic carbocycles. The van der Waals surface area contributed by atoms with Gasteiger partial charge in [0.05, 0.1) is 0 Å². The van der Waals surface area contributed by atoms with E-state index >= 15 is 0 Å². The van der Waals surface area contributed by atoms with E-state index in [2.05, 4.69) is 4.74 Å². The molecule has 1 nitrogen and oxygen atoms in total. The van der Waals surface area contributed by atoms with Crippen LogP contribution in [0.5, 0.6) is 0 Å². The Balaban J connectivity index is 3.05. The number of halogens is 6. The zero-order valence-corrected chi connectivity index (χ0v) is 6.25. The molecule has 0 radical (unpaired) electrons. The molecule has 0 aromatic heterocycles. The van der Waals surface area contributed by atoms with E-state index in [1.807, 2.05) is 0 Å². The van der Waals surface area contributed by atoms with E-state index in [0.717, 1.165) is 6.92 Å². The fourth-order valence-electron chi connectivity index (χ4n) is 1.00. The van der Waals surface area contributed by atoms with Crippen LogP contribution in [0.3, 0.4) is 0 Å². The molecule has 0 spiro atoms. The van der Waals surface area contributed by atoms with E-state index in [0.29, 0.717) is 0 Å². The average Bonchev–Trinajstić information content (AvgIpc) is 1.75. The van der Waals surface area contributed by atoms with Gasteiger partial charge in [0.15, 0.2) is 0 Å². The van der Waals surface area contributed by atoms with Crippen LogP contribution >= 0.6 is 0 Å². The molecule has 13 heavy (non-hydrogen) atoms. The molecule has 0 aromatic rings. The molecule has 0 aliphatic carbocycles. The van der Waals surface area contributed by atoms with Gasteiger partial charge in [0.25, 0.3) is 0 Å². The summed E-state index contributed by atoms with van der Waals surface area (Å²) in [4.78, 5) is 0. The molecule has 0 bridgehead atoms. The van der Waals surface area contributed by atoms with E-state index in [4.69, 9.17) is 0 Å². The van der Waals surface area contributed by atoms with Crippen LogP contribution in [-0.2, 0) is 4.74 Å². The summed E-state index contributed by atoms with van der Waals surface area (Å²) in [5, 5.41) is 0. The summed E-state index contributed by atoms with van der Waals surface area (Å²) in [6.45, 7) is 0.915. The van der Waals surface area contributed by atoms with Crippen LogP contribution in [0, 0.1) is 0 Å². The Morgan fingerprint density at radius 2 is 1.46 bits per heavy atom. The van der Waals surface area contributed by atoms with Crippen molar-refractivity contribution in [1.82, 2.24) is 0 Å². The molecule has 7 heteroatoms. The Hall–Kier alpha value is -0.880. The van der Waals surface area contributed by atoms with Gasteiger partial charge in [-0.2, -0.15) is 26.3 Å². The zero-order chi connectivity index (χ0) is 10.4. The van der Waals surface area contributed by atoms with Crippen LogP contribution in [-0.4, -0.2) is 18.5 Å². The lowest BCUT2D eigenvalue weighted by atomic mass is 10.0. The van der Waals surface area contributed by atoms with Gasteiger partial charge >= 0.3 is 12.4 Å². The molecule has 0 saturated carbocycles. The van der Waals surface area contributed by atoms with Crippen molar-refractivity contribution in [2.75, 3.05) is 0 Å². The summed E-state index contributed by atoms with van der Waals surface area (Å²) in [6.07, 6.45) is -11.6. The van der Waals surface area contributed by atoms with E-state index in [1.54, 1.807) is 0 Å². The van der Waals surface area contributed by atoms with Crippen LogP contribution in [0.4, 0.5) is 26.3 Å². The molecule has 1 unspecified atom stereocenters. The van der Waals surface area contributed by atoms with Gasteiger partial charge in [0, 0.05) is 0 Å². The summed E-state index contributed by atoms with van der Waals surface area (Å²) in [5.74, 6) is -1.92. The highest BCUT2D eigenvalue weighted by atomic mass is 19.4. The molecule has 0 amide bonds. The summed E-state index contributed by atoms with van der Waals surface area (Å²) < 4.78 is 74.9. The second-order valence-electron chi connectivity index (χ2n) is 2.50. The third-order valence-electron chi connectivity index (χ3n) is 1.51. The van der Waals surface area contributed by atoms with Crippen molar-refractivity contribution in [3.8, 4) is 0 Å². The van der Waals surface area contributed by atoms with Crippen LogP contribution in [0.25, 0.3) is 0 Å². The molecule has 1 heterocycles. The molecule has 0 fully saturated rings. The van der Waals surface area contributed by atoms with E-state index in [-0.39, 0.29) is 0 Å². The molecule has 1 aliphatic rings. The first-order valence-electron chi connectivity index (χ1n) is 3.19. The Labute approximate surface area is 69.0 Å². The lowest BCUT2D eigenvalue weighted by Crippen LogP contribution is -2.40. The number of ether oxygens (including phenoxy) is 1. The fraction of sp³-hybridized carbons (Fsp3) is 0.667. The van der Waals surface area contributed by atoms with Crippen molar-refractivity contribution < 1.29 is 31.1 Å².